The average Bonchev–Trinajstić information content (AvgIpc) is 2.74. The predicted molar refractivity (Wildman–Crippen MR) is 69.7 cm³/mol. The maximum Gasteiger partial charge on any atom is 0.273 e. The molecule has 1 unspecified atom stereocenters. The molecule has 1 atom stereocenters. The molecule has 1 amide bonds. The zero-order chi connectivity index (χ0) is 13.8. The van der Waals surface area contributed by atoms with Crippen molar-refractivity contribution in [2.45, 2.75) is 32.4 Å². The zero-order valence-electron chi connectivity index (χ0n) is 11.3. The summed E-state index contributed by atoms with van der Waals surface area (Å²) < 4.78 is 1.71. The van der Waals surface area contributed by atoms with Gasteiger partial charge in [-0.25, -0.2) is 4.68 Å². The Morgan fingerprint density at radius 3 is 2.89 bits per heavy atom. The highest BCUT2D eigenvalue weighted by atomic mass is 16.3. The van der Waals surface area contributed by atoms with Gasteiger partial charge in [0.05, 0.1) is 24.9 Å². The van der Waals surface area contributed by atoms with Crippen LogP contribution in [-0.2, 0) is 0 Å². The molecular weight excluding hydrogens is 246 g/mol. The van der Waals surface area contributed by atoms with Gasteiger partial charge in [-0.1, -0.05) is 19.1 Å². The minimum absolute atomic E-state index is 0.0649. The van der Waals surface area contributed by atoms with Crippen molar-refractivity contribution in [1.82, 2.24) is 25.6 Å². The second-order valence-electron chi connectivity index (χ2n) is 5.38. The topological polar surface area (TPSA) is 92.1 Å². The van der Waals surface area contributed by atoms with Crippen LogP contribution in [0.3, 0.4) is 0 Å². The van der Waals surface area contributed by atoms with Gasteiger partial charge in [0.2, 0.25) is 0 Å². The van der Waals surface area contributed by atoms with Crippen LogP contribution in [0.5, 0.6) is 0 Å². The van der Waals surface area contributed by atoms with Crippen molar-refractivity contribution in [2.24, 2.45) is 5.92 Å². The van der Waals surface area contributed by atoms with E-state index in [0.717, 1.165) is 19.5 Å². The Morgan fingerprint density at radius 1 is 1.63 bits per heavy atom. The number of carbonyl (C=O) groups is 1. The number of amides is 1. The first-order valence-corrected chi connectivity index (χ1v) is 6.64. The minimum Gasteiger partial charge on any atom is -0.394 e. The Hall–Kier alpha value is -1.47. The molecule has 0 aliphatic carbocycles. The Balaban J connectivity index is 1.92. The van der Waals surface area contributed by atoms with Crippen molar-refractivity contribution in [1.29, 1.82) is 0 Å². The van der Waals surface area contributed by atoms with Gasteiger partial charge < -0.3 is 15.7 Å². The van der Waals surface area contributed by atoms with E-state index in [1.807, 2.05) is 0 Å². The molecule has 7 nitrogen and oxygen atoms in total. The normalized spacial score (nSPS) is 17.3. The van der Waals surface area contributed by atoms with Crippen LogP contribution < -0.4 is 10.6 Å². The van der Waals surface area contributed by atoms with Gasteiger partial charge in [0.15, 0.2) is 5.69 Å². The fraction of sp³-hybridized carbons (Fsp3) is 0.750. The van der Waals surface area contributed by atoms with E-state index in [-0.39, 0.29) is 18.6 Å². The smallest absolute Gasteiger partial charge is 0.273 e. The highest BCUT2D eigenvalue weighted by Crippen LogP contribution is 2.10. The molecule has 1 aliphatic rings. The number of aliphatic hydroxyl groups excluding tert-OH is 1. The van der Waals surface area contributed by atoms with Crippen LogP contribution in [0.25, 0.3) is 0 Å². The molecule has 1 aromatic heterocycles. The standard InChI is InChI=1S/C12H21N5O2/c1-8(2)3-9(7-18)14-12(19)11-6-17(16-15-11)10-4-13-5-10/h6,8-10,13,18H,3-5,7H2,1-2H3,(H,14,19). The average molecular weight is 267 g/mol. The van der Waals surface area contributed by atoms with Crippen molar-refractivity contribution < 1.29 is 9.90 Å². The molecule has 19 heavy (non-hydrogen) atoms. The van der Waals surface area contributed by atoms with Crippen molar-refractivity contribution in [2.75, 3.05) is 19.7 Å². The van der Waals surface area contributed by atoms with E-state index < -0.39 is 0 Å². The maximum atomic E-state index is 12.0. The highest BCUT2D eigenvalue weighted by molar-refractivity contribution is 5.92. The quantitative estimate of drug-likeness (QED) is 0.650. The lowest BCUT2D eigenvalue weighted by atomic mass is 10.0. The van der Waals surface area contributed by atoms with Crippen molar-refractivity contribution in [3.8, 4) is 0 Å². The number of nitrogens with one attached hydrogen (secondary N) is 2. The number of hydrogen-bond acceptors (Lipinski definition) is 5. The van der Waals surface area contributed by atoms with Crippen LogP contribution in [0.2, 0.25) is 0 Å². The summed E-state index contributed by atoms with van der Waals surface area (Å²) in [5, 5.41) is 23.0. The molecule has 2 heterocycles. The molecule has 1 fully saturated rings. The predicted octanol–water partition coefficient (Wildman–Crippen LogP) is -0.441. The molecule has 3 N–H and O–H groups in total. The summed E-state index contributed by atoms with van der Waals surface area (Å²) in [7, 11) is 0. The van der Waals surface area contributed by atoms with E-state index in [1.54, 1.807) is 10.9 Å². The third-order valence-electron chi connectivity index (χ3n) is 3.19. The third kappa shape index (κ3) is 3.51. The van der Waals surface area contributed by atoms with Gasteiger partial charge in [0.1, 0.15) is 0 Å². The summed E-state index contributed by atoms with van der Waals surface area (Å²) in [5.74, 6) is 0.132. The summed E-state index contributed by atoms with van der Waals surface area (Å²) in [6.07, 6.45) is 2.40. The summed E-state index contributed by atoms with van der Waals surface area (Å²) in [6, 6.07) is 0.0568. The van der Waals surface area contributed by atoms with Gasteiger partial charge >= 0.3 is 0 Å². The molecule has 2 rings (SSSR count). The Bertz CT molecular complexity index is 428. The van der Waals surface area contributed by atoms with Gasteiger partial charge in [0.25, 0.3) is 5.91 Å². The van der Waals surface area contributed by atoms with Crippen LogP contribution in [0, 0.1) is 5.92 Å². The summed E-state index contributed by atoms with van der Waals surface area (Å²) >= 11 is 0. The Labute approximate surface area is 112 Å². The second kappa shape index (κ2) is 6.12. The molecular formula is C12H21N5O2. The monoisotopic (exact) mass is 267 g/mol. The van der Waals surface area contributed by atoms with E-state index >= 15 is 0 Å². The SMILES string of the molecule is CC(C)CC(CO)NC(=O)c1cn(C2CNC2)nn1. The molecule has 1 aromatic rings. The van der Waals surface area contributed by atoms with Gasteiger partial charge in [-0.2, -0.15) is 0 Å². The molecule has 0 radical (unpaired) electrons. The largest absolute Gasteiger partial charge is 0.394 e. The van der Waals surface area contributed by atoms with Crippen LogP contribution in [-0.4, -0.2) is 51.7 Å². The van der Waals surface area contributed by atoms with Gasteiger partial charge in [-0.3, -0.25) is 4.79 Å². The lowest BCUT2D eigenvalue weighted by Crippen LogP contribution is -2.43. The van der Waals surface area contributed by atoms with Crippen molar-refractivity contribution in [3.05, 3.63) is 11.9 Å². The van der Waals surface area contributed by atoms with Crippen molar-refractivity contribution >= 4 is 5.91 Å². The Morgan fingerprint density at radius 2 is 2.37 bits per heavy atom. The van der Waals surface area contributed by atoms with Crippen LogP contribution >= 0.6 is 0 Å². The third-order valence-corrected chi connectivity index (χ3v) is 3.19. The first-order valence-electron chi connectivity index (χ1n) is 6.64. The van der Waals surface area contributed by atoms with Gasteiger partial charge in [-0.05, 0) is 12.3 Å². The highest BCUT2D eigenvalue weighted by Gasteiger charge is 2.22. The Kier molecular flexibility index (Phi) is 4.49. The second-order valence-corrected chi connectivity index (χ2v) is 5.38. The number of carbonyl (C=O) groups excluding carboxylic acids is 1. The number of nitrogens with zero attached hydrogens (tertiary/aromatic N) is 3. The van der Waals surface area contributed by atoms with E-state index in [0.29, 0.717) is 17.7 Å². The lowest BCUT2D eigenvalue weighted by molar-refractivity contribution is 0.0903. The maximum absolute atomic E-state index is 12.0. The number of aliphatic hydroxyl groups is 1. The fourth-order valence-corrected chi connectivity index (χ4v) is 2.03. The molecule has 0 aromatic carbocycles. The molecule has 0 spiro atoms. The first kappa shape index (κ1) is 14.0. The summed E-state index contributed by atoms with van der Waals surface area (Å²) in [6.45, 7) is 5.75. The number of hydrogen-bond donors (Lipinski definition) is 3. The summed E-state index contributed by atoms with van der Waals surface area (Å²) in [4.78, 5) is 12.0. The van der Waals surface area contributed by atoms with Crippen LogP contribution in [0.1, 0.15) is 36.8 Å². The van der Waals surface area contributed by atoms with E-state index in [9.17, 15) is 9.90 Å². The minimum atomic E-state index is -0.279. The molecule has 7 heteroatoms. The molecule has 0 saturated carbocycles. The lowest BCUT2D eigenvalue weighted by Gasteiger charge is -2.26. The molecule has 1 saturated heterocycles. The fourth-order valence-electron chi connectivity index (χ4n) is 2.03. The van der Waals surface area contributed by atoms with Gasteiger partial charge in [0, 0.05) is 13.1 Å². The molecule has 1 aliphatic heterocycles. The van der Waals surface area contributed by atoms with Crippen LogP contribution in [0.15, 0.2) is 6.20 Å². The van der Waals surface area contributed by atoms with Gasteiger partial charge in [-0.15, -0.1) is 5.10 Å². The van der Waals surface area contributed by atoms with E-state index in [1.165, 1.54) is 0 Å². The first-order chi connectivity index (χ1) is 9.10. The number of rotatable bonds is 6. The number of aromatic nitrogens is 3. The molecule has 106 valence electrons. The van der Waals surface area contributed by atoms with E-state index in [2.05, 4.69) is 34.8 Å². The van der Waals surface area contributed by atoms with Crippen molar-refractivity contribution in [3.63, 3.8) is 0 Å². The summed E-state index contributed by atoms with van der Waals surface area (Å²) in [5.41, 5.74) is 0.300. The molecule has 0 bridgehead atoms. The van der Waals surface area contributed by atoms with Crippen LogP contribution in [0.4, 0.5) is 0 Å². The zero-order valence-corrected chi connectivity index (χ0v) is 11.3. The van der Waals surface area contributed by atoms with E-state index in [4.69, 9.17) is 0 Å².